The number of rotatable bonds is 11. The molecule has 0 bridgehead atoms. The first-order valence-corrected chi connectivity index (χ1v) is 14.4. The van der Waals surface area contributed by atoms with Crippen molar-refractivity contribution in [2.75, 3.05) is 31.5 Å². The van der Waals surface area contributed by atoms with Crippen molar-refractivity contribution < 1.29 is 29.3 Å². The van der Waals surface area contributed by atoms with Gasteiger partial charge in [-0.1, -0.05) is 61.4 Å². The van der Waals surface area contributed by atoms with Crippen molar-refractivity contribution in [3.63, 3.8) is 0 Å². The molecule has 0 unspecified atom stereocenters. The lowest BCUT2D eigenvalue weighted by molar-refractivity contribution is -0.729. The largest absolute Gasteiger partial charge is 0.446 e. The van der Waals surface area contributed by atoms with E-state index in [0.29, 0.717) is 13.0 Å². The number of ether oxygens (including phenoxy) is 1. The van der Waals surface area contributed by atoms with Crippen LogP contribution in [0.25, 0.3) is 11.1 Å². The van der Waals surface area contributed by atoms with Crippen molar-refractivity contribution in [1.82, 2.24) is 9.80 Å². The summed E-state index contributed by atoms with van der Waals surface area (Å²) in [5.74, 6) is -0.797. The Morgan fingerprint density at radius 1 is 0.833 bits per heavy atom. The predicted molar refractivity (Wildman–Crippen MR) is 157 cm³/mol. The Morgan fingerprint density at radius 3 is 2.24 bits per heavy atom. The average molecular weight is 572 g/mol. The molecule has 5 rings (SSSR count). The number of hydrogen-bond donors (Lipinski definition) is 2. The third-order valence-electron chi connectivity index (χ3n) is 7.84. The molecule has 0 atom stereocenters. The number of nitrogens with zero attached hydrogens (tertiary/aromatic N) is 3. The standard InChI is InChI=1S/C32H34N4O6/c37-30-27-15-14-24(36(40)41)22-28(27)31(38)35(30)19-9-2-1-8-18-34-20-16-25(17-21-34)42-32(39)33-29-13-7-6-12-26(29)23-10-4-3-5-11-23/h3-7,10-15,22,25H,1-2,8-9,16-21H2,(H-,33,39,40,41)/p+1. The molecule has 2 heterocycles. The summed E-state index contributed by atoms with van der Waals surface area (Å²) in [5.41, 5.74) is 3.02. The van der Waals surface area contributed by atoms with Gasteiger partial charge in [0.05, 0.1) is 21.7 Å². The van der Waals surface area contributed by atoms with Crippen molar-refractivity contribution in [2.45, 2.75) is 44.6 Å². The second kappa shape index (κ2) is 13.4. The van der Waals surface area contributed by atoms with Crippen LogP contribution in [0.2, 0.25) is 0 Å². The number of carbonyl (C=O) groups excluding carboxylic acids is 3. The molecule has 218 valence electrons. The van der Waals surface area contributed by atoms with Crippen LogP contribution in [0.1, 0.15) is 59.2 Å². The van der Waals surface area contributed by atoms with Crippen LogP contribution >= 0.6 is 0 Å². The molecule has 0 aromatic heterocycles. The number of anilines is 1. The van der Waals surface area contributed by atoms with Gasteiger partial charge in [-0.15, -0.1) is 0 Å². The number of nitrogens with one attached hydrogen (secondary N) is 1. The van der Waals surface area contributed by atoms with Gasteiger partial charge in [-0.2, -0.15) is 0 Å². The highest BCUT2D eigenvalue weighted by molar-refractivity contribution is 6.21. The van der Waals surface area contributed by atoms with Crippen molar-refractivity contribution >= 4 is 29.3 Å². The van der Waals surface area contributed by atoms with Gasteiger partial charge in [-0.3, -0.25) is 19.8 Å². The van der Waals surface area contributed by atoms with Crippen molar-refractivity contribution in [1.29, 1.82) is 0 Å². The lowest BCUT2D eigenvalue weighted by atomic mass is 10.0. The van der Waals surface area contributed by atoms with Crippen LogP contribution < -0.4 is 5.32 Å². The molecular formula is C32H35N4O6+. The Balaban J connectivity index is 0.974. The molecule has 1 saturated heterocycles. The van der Waals surface area contributed by atoms with E-state index in [1.165, 1.54) is 23.1 Å². The van der Waals surface area contributed by atoms with Crippen LogP contribution in [-0.4, -0.2) is 70.1 Å². The van der Waals surface area contributed by atoms with E-state index in [9.17, 15) is 19.3 Å². The molecule has 2 aliphatic rings. The minimum Gasteiger partial charge on any atom is -0.446 e. The van der Waals surface area contributed by atoms with Gasteiger partial charge >= 0.3 is 11.8 Å². The highest BCUT2D eigenvalue weighted by Gasteiger charge is 2.36. The maximum absolute atomic E-state index is 12.6. The van der Waals surface area contributed by atoms with E-state index in [1.54, 1.807) is 0 Å². The molecule has 0 aliphatic carbocycles. The molecule has 1 fully saturated rings. The summed E-state index contributed by atoms with van der Waals surface area (Å²) in [5, 5.41) is 12.0. The fourth-order valence-corrected chi connectivity index (χ4v) is 5.56. The van der Waals surface area contributed by atoms with Crippen LogP contribution in [0.3, 0.4) is 0 Å². The molecule has 2 N–H and O–H groups in total. The molecule has 3 amide bonds. The number of amides is 3. The summed E-state index contributed by atoms with van der Waals surface area (Å²) in [4.78, 5) is 52.2. The monoisotopic (exact) mass is 571 g/mol. The van der Waals surface area contributed by atoms with E-state index in [2.05, 4.69) is 10.2 Å². The van der Waals surface area contributed by atoms with Gasteiger partial charge < -0.3 is 9.64 Å². The Labute approximate surface area is 244 Å². The number of imide groups is 1. The number of carbonyl (C=O) groups is 3. The third kappa shape index (κ3) is 6.83. The van der Waals surface area contributed by atoms with E-state index in [0.717, 1.165) is 68.6 Å². The molecule has 10 heteroatoms. The number of para-hydroxylation sites is 1. The quantitative estimate of drug-likeness (QED) is 0.164. The highest BCUT2D eigenvalue weighted by atomic mass is 16.6. The zero-order valence-corrected chi connectivity index (χ0v) is 23.4. The van der Waals surface area contributed by atoms with Gasteiger partial charge in [0.1, 0.15) is 6.10 Å². The van der Waals surface area contributed by atoms with Crippen molar-refractivity contribution in [3.05, 3.63) is 88.8 Å². The van der Waals surface area contributed by atoms with E-state index >= 15 is 0 Å². The van der Waals surface area contributed by atoms with Gasteiger partial charge in [0.2, 0.25) is 0 Å². The summed E-state index contributed by atoms with van der Waals surface area (Å²) < 4.78 is 5.73. The lowest BCUT2D eigenvalue weighted by Crippen LogP contribution is -2.38. The SMILES string of the molecule is O=C(Nc1ccccc1-c1ccccc1)OC1CCN(CCCCCCN2C(=O)c3ccc([N+](=O)O)cc3C2=O)CC1. The Morgan fingerprint density at radius 2 is 1.50 bits per heavy atom. The van der Waals surface area contributed by atoms with Gasteiger partial charge in [-0.25, -0.2) is 10.0 Å². The van der Waals surface area contributed by atoms with E-state index in [4.69, 9.17) is 9.94 Å². The fourth-order valence-electron chi connectivity index (χ4n) is 5.56. The van der Waals surface area contributed by atoms with Crippen LogP contribution in [0.4, 0.5) is 16.2 Å². The van der Waals surface area contributed by atoms with Crippen LogP contribution in [-0.2, 0) is 4.74 Å². The minimum atomic E-state index is -0.434. The first-order chi connectivity index (χ1) is 20.4. The maximum Gasteiger partial charge on any atom is 0.411 e. The zero-order chi connectivity index (χ0) is 29.5. The molecule has 0 saturated carbocycles. The normalized spacial score (nSPS) is 15.5. The molecule has 2 aliphatic heterocycles. The van der Waals surface area contributed by atoms with Crippen LogP contribution in [0.15, 0.2) is 72.8 Å². The van der Waals surface area contributed by atoms with Gasteiger partial charge in [-0.05, 0) is 49.9 Å². The molecule has 10 nitrogen and oxygen atoms in total. The van der Waals surface area contributed by atoms with Gasteiger partial charge in [0.25, 0.3) is 16.7 Å². The van der Waals surface area contributed by atoms with Crippen molar-refractivity contribution in [2.24, 2.45) is 0 Å². The molecule has 0 spiro atoms. The Kier molecular flexibility index (Phi) is 9.23. The average Bonchev–Trinajstić information content (AvgIpc) is 3.24. The van der Waals surface area contributed by atoms with Gasteiger partial charge in [0.15, 0.2) is 0 Å². The lowest BCUT2D eigenvalue weighted by Gasteiger charge is -2.31. The van der Waals surface area contributed by atoms with E-state index in [1.807, 2.05) is 54.6 Å². The summed E-state index contributed by atoms with van der Waals surface area (Å²) in [6.07, 6.45) is 4.58. The smallest absolute Gasteiger partial charge is 0.411 e. The maximum atomic E-state index is 12.6. The highest BCUT2D eigenvalue weighted by Crippen LogP contribution is 2.29. The van der Waals surface area contributed by atoms with Gasteiger partial charge in [0, 0.05) is 37.3 Å². The van der Waals surface area contributed by atoms with E-state index < -0.39 is 12.0 Å². The summed E-state index contributed by atoms with van der Waals surface area (Å²) in [6.45, 7) is 3.00. The number of piperidine rings is 1. The summed E-state index contributed by atoms with van der Waals surface area (Å²) in [7, 11) is 0. The second-order valence-electron chi connectivity index (χ2n) is 10.7. The molecule has 3 aromatic rings. The fraction of sp³-hybridized carbons (Fsp3) is 0.344. The van der Waals surface area contributed by atoms with E-state index in [-0.39, 0.29) is 33.7 Å². The molecule has 3 aromatic carbocycles. The topological polar surface area (TPSA) is 119 Å². The number of benzene rings is 3. The first kappa shape index (κ1) is 28.9. The molecular weight excluding hydrogens is 536 g/mol. The van der Waals surface area contributed by atoms with Crippen LogP contribution in [0, 0.1) is 4.91 Å². The predicted octanol–water partition coefficient (Wildman–Crippen LogP) is 6.02. The van der Waals surface area contributed by atoms with Crippen LogP contribution in [0.5, 0.6) is 0 Å². The number of unbranched alkanes of at least 4 members (excludes halogenated alkanes) is 3. The first-order valence-electron chi connectivity index (χ1n) is 14.4. The number of hydrogen-bond acceptors (Lipinski definition) is 6. The van der Waals surface area contributed by atoms with Crippen molar-refractivity contribution in [3.8, 4) is 11.1 Å². The number of fused-ring (bicyclic) bond motifs is 1. The Bertz CT molecular complexity index is 1450. The minimum absolute atomic E-state index is 0.0831. The Hall–Kier alpha value is -4.57. The third-order valence-corrected chi connectivity index (χ3v) is 7.84. The number of likely N-dealkylation sites (tertiary alicyclic amines) is 1. The molecule has 42 heavy (non-hydrogen) atoms. The summed E-state index contributed by atoms with van der Waals surface area (Å²) >= 11 is 0. The zero-order valence-electron chi connectivity index (χ0n) is 23.4. The molecule has 0 radical (unpaired) electrons. The summed E-state index contributed by atoms with van der Waals surface area (Å²) in [6, 6.07) is 21.6. The second-order valence-corrected chi connectivity index (χ2v) is 10.7.